The first kappa shape index (κ1) is 16.3. The van der Waals surface area contributed by atoms with Crippen LogP contribution in [0.4, 0.5) is 10.1 Å². The number of rotatable bonds is 5. The Morgan fingerprint density at radius 2 is 2.00 bits per heavy atom. The summed E-state index contributed by atoms with van der Waals surface area (Å²) in [4.78, 5) is 16.6. The van der Waals surface area contributed by atoms with Gasteiger partial charge in [-0.1, -0.05) is 37.3 Å². The van der Waals surface area contributed by atoms with Crippen LogP contribution in [0.25, 0.3) is 10.6 Å². The minimum Gasteiger partial charge on any atom is -0.326 e. The summed E-state index contributed by atoms with van der Waals surface area (Å²) in [5.74, 6) is -0.585. The van der Waals surface area contributed by atoms with Gasteiger partial charge in [-0.3, -0.25) is 4.79 Å². The number of hydrogen-bond donors (Lipinski definition) is 1. The van der Waals surface area contributed by atoms with Gasteiger partial charge in [-0.25, -0.2) is 9.37 Å². The number of thiazole rings is 1. The summed E-state index contributed by atoms with van der Waals surface area (Å²) in [5.41, 5.74) is 3.49. The van der Waals surface area contributed by atoms with E-state index in [0.29, 0.717) is 11.4 Å². The first-order valence-electron chi connectivity index (χ1n) is 7.73. The van der Waals surface area contributed by atoms with Crippen LogP contribution in [-0.2, 0) is 17.6 Å². The van der Waals surface area contributed by atoms with E-state index >= 15 is 0 Å². The Hall–Kier alpha value is -2.53. The van der Waals surface area contributed by atoms with E-state index in [9.17, 15) is 9.18 Å². The van der Waals surface area contributed by atoms with Crippen molar-refractivity contribution in [3.8, 4) is 10.6 Å². The smallest absolute Gasteiger partial charge is 0.230 e. The summed E-state index contributed by atoms with van der Waals surface area (Å²) in [7, 11) is 0. The number of nitrogens with one attached hydrogen (secondary N) is 1. The first-order chi connectivity index (χ1) is 11.6. The van der Waals surface area contributed by atoms with Gasteiger partial charge in [0.05, 0.1) is 12.1 Å². The average Bonchev–Trinajstić information content (AvgIpc) is 3.03. The fraction of sp³-hybridized carbons (Fsp3) is 0.158. The maximum absolute atomic E-state index is 13.1. The molecule has 0 saturated heterocycles. The monoisotopic (exact) mass is 340 g/mol. The van der Waals surface area contributed by atoms with E-state index in [4.69, 9.17) is 0 Å². The largest absolute Gasteiger partial charge is 0.326 e. The van der Waals surface area contributed by atoms with Crippen LogP contribution in [0, 0.1) is 5.82 Å². The lowest BCUT2D eigenvalue weighted by molar-refractivity contribution is -0.115. The molecule has 0 aliphatic carbocycles. The molecule has 1 heterocycles. The topological polar surface area (TPSA) is 42.0 Å². The number of carbonyl (C=O) groups excluding carboxylic acids is 1. The molecule has 1 amide bonds. The molecule has 0 bridgehead atoms. The van der Waals surface area contributed by atoms with Gasteiger partial charge >= 0.3 is 0 Å². The second kappa shape index (κ2) is 7.36. The zero-order valence-electron chi connectivity index (χ0n) is 13.3. The molecule has 5 heteroatoms. The first-order valence-corrected chi connectivity index (χ1v) is 8.61. The second-order valence-electron chi connectivity index (χ2n) is 5.43. The van der Waals surface area contributed by atoms with Crippen molar-refractivity contribution >= 4 is 22.9 Å². The van der Waals surface area contributed by atoms with E-state index in [1.54, 1.807) is 12.1 Å². The lowest BCUT2D eigenvalue weighted by atomic mass is 10.1. The Labute approximate surface area is 144 Å². The third-order valence-electron chi connectivity index (χ3n) is 3.61. The van der Waals surface area contributed by atoms with E-state index in [-0.39, 0.29) is 18.1 Å². The van der Waals surface area contributed by atoms with Crippen molar-refractivity contribution in [1.29, 1.82) is 0 Å². The summed E-state index contributed by atoms with van der Waals surface area (Å²) in [6.07, 6.45) is 1.17. The molecule has 0 fully saturated rings. The summed E-state index contributed by atoms with van der Waals surface area (Å²) in [5, 5.41) is 5.46. The number of carbonyl (C=O) groups is 1. The Bertz CT molecular complexity index is 843. The molecular weight excluding hydrogens is 323 g/mol. The molecule has 122 valence electrons. The van der Waals surface area contributed by atoms with Crippen LogP contribution in [0.1, 0.15) is 18.2 Å². The maximum atomic E-state index is 13.1. The molecular formula is C19H17FN2OS. The molecule has 0 spiro atoms. The lowest BCUT2D eigenvalue weighted by Crippen LogP contribution is -2.14. The number of aromatic nitrogens is 1. The summed E-state index contributed by atoms with van der Waals surface area (Å²) >= 11 is 1.52. The van der Waals surface area contributed by atoms with E-state index in [1.165, 1.54) is 29.0 Å². The molecule has 0 aliphatic heterocycles. The van der Waals surface area contributed by atoms with Gasteiger partial charge in [-0.05, 0) is 30.2 Å². The maximum Gasteiger partial charge on any atom is 0.230 e. The summed E-state index contributed by atoms with van der Waals surface area (Å²) in [6, 6.07) is 14.1. The molecule has 1 N–H and O–H groups in total. The van der Waals surface area contributed by atoms with Gasteiger partial charge in [0.1, 0.15) is 10.8 Å². The number of aryl methyl sites for hydroxylation is 1. The predicted molar refractivity (Wildman–Crippen MR) is 95.7 cm³/mol. The van der Waals surface area contributed by atoms with E-state index < -0.39 is 0 Å². The third kappa shape index (κ3) is 4.06. The predicted octanol–water partition coefficient (Wildman–Crippen LogP) is 4.69. The van der Waals surface area contributed by atoms with Crippen molar-refractivity contribution in [2.24, 2.45) is 0 Å². The van der Waals surface area contributed by atoms with Crippen molar-refractivity contribution < 1.29 is 9.18 Å². The third-order valence-corrected chi connectivity index (χ3v) is 4.55. The van der Waals surface area contributed by atoms with E-state index in [1.807, 2.05) is 17.5 Å². The summed E-state index contributed by atoms with van der Waals surface area (Å²) in [6.45, 7) is 2.12. The molecule has 1 aromatic heterocycles. The van der Waals surface area contributed by atoms with Gasteiger partial charge in [0.15, 0.2) is 0 Å². The molecule has 3 rings (SSSR count). The zero-order valence-corrected chi connectivity index (χ0v) is 14.1. The van der Waals surface area contributed by atoms with Crippen LogP contribution in [0.2, 0.25) is 0 Å². The highest BCUT2D eigenvalue weighted by Gasteiger charge is 2.10. The minimum atomic E-state index is -0.376. The highest BCUT2D eigenvalue weighted by atomic mass is 32.1. The zero-order chi connectivity index (χ0) is 16.9. The van der Waals surface area contributed by atoms with Gasteiger partial charge < -0.3 is 5.32 Å². The van der Waals surface area contributed by atoms with Gasteiger partial charge in [-0.2, -0.15) is 0 Å². The molecule has 2 aromatic carbocycles. The number of hydrogen-bond acceptors (Lipinski definition) is 3. The number of nitrogens with zero attached hydrogens (tertiary/aromatic N) is 1. The van der Waals surface area contributed by atoms with Gasteiger partial charge in [0.25, 0.3) is 0 Å². The quantitative estimate of drug-likeness (QED) is 0.732. The highest BCUT2D eigenvalue weighted by Crippen LogP contribution is 2.24. The van der Waals surface area contributed by atoms with Crippen LogP contribution < -0.4 is 5.32 Å². The van der Waals surface area contributed by atoms with Crippen molar-refractivity contribution in [2.45, 2.75) is 19.8 Å². The number of halogens is 1. The van der Waals surface area contributed by atoms with Crippen LogP contribution in [-0.4, -0.2) is 10.9 Å². The van der Waals surface area contributed by atoms with E-state index in [0.717, 1.165) is 17.0 Å². The number of benzene rings is 2. The number of amides is 1. The van der Waals surface area contributed by atoms with Crippen LogP contribution in [0.5, 0.6) is 0 Å². The molecule has 3 aromatic rings. The van der Waals surface area contributed by atoms with Gasteiger partial charge in [0, 0.05) is 16.6 Å². The Kier molecular flexibility index (Phi) is 5.01. The molecule has 0 unspecified atom stereocenters. The normalized spacial score (nSPS) is 10.6. The molecule has 0 radical (unpaired) electrons. The van der Waals surface area contributed by atoms with Crippen LogP contribution in [0.3, 0.4) is 0 Å². The van der Waals surface area contributed by atoms with Crippen molar-refractivity contribution in [3.05, 3.63) is 71.0 Å². The van der Waals surface area contributed by atoms with Crippen molar-refractivity contribution in [3.63, 3.8) is 0 Å². The fourth-order valence-corrected chi connectivity index (χ4v) is 3.17. The van der Waals surface area contributed by atoms with Crippen LogP contribution >= 0.6 is 11.3 Å². The summed E-state index contributed by atoms with van der Waals surface area (Å²) < 4.78 is 13.1. The number of anilines is 1. The standard InChI is InChI=1S/C19H17FN2OS/c1-2-13-6-8-14(9-7-13)19-22-17(12-24-19)11-18(23)21-16-5-3-4-15(20)10-16/h3-10,12H,2,11H2,1H3,(H,21,23). The Morgan fingerprint density at radius 3 is 2.71 bits per heavy atom. The molecule has 24 heavy (non-hydrogen) atoms. The second-order valence-corrected chi connectivity index (χ2v) is 6.29. The Morgan fingerprint density at radius 1 is 1.21 bits per heavy atom. The molecule has 0 saturated carbocycles. The molecule has 0 aliphatic rings. The van der Waals surface area contributed by atoms with Crippen molar-refractivity contribution in [2.75, 3.05) is 5.32 Å². The SMILES string of the molecule is CCc1ccc(-c2nc(CC(=O)Nc3cccc(F)c3)cs2)cc1. The minimum absolute atomic E-state index is 0.167. The van der Waals surface area contributed by atoms with Gasteiger partial charge in [-0.15, -0.1) is 11.3 Å². The Balaban J connectivity index is 1.65. The van der Waals surface area contributed by atoms with Crippen molar-refractivity contribution in [1.82, 2.24) is 4.98 Å². The molecule has 3 nitrogen and oxygen atoms in total. The fourth-order valence-electron chi connectivity index (χ4n) is 2.34. The lowest BCUT2D eigenvalue weighted by Gasteiger charge is -2.03. The average molecular weight is 340 g/mol. The van der Waals surface area contributed by atoms with E-state index in [2.05, 4.69) is 29.4 Å². The molecule has 0 atom stereocenters. The van der Waals surface area contributed by atoms with Crippen LogP contribution in [0.15, 0.2) is 53.9 Å². The highest BCUT2D eigenvalue weighted by molar-refractivity contribution is 7.13. The van der Waals surface area contributed by atoms with Gasteiger partial charge in [0.2, 0.25) is 5.91 Å².